The third kappa shape index (κ3) is 4.77. The van der Waals surface area contributed by atoms with Crippen molar-refractivity contribution in [2.75, 3.05) is 0 Å². The number of nitrogens with zero attached hydrogens (tertiary/aromatic N) is 3. The van der Waals surface area contributed by atoms with Crippen molar-refractivity contribution in [3.05, 3.63) is 84.8 Å². The van der Waals surface area contributed by atoms with Crippen molar-refractivity contribution < 1.29 is 13.2 Å². The summed E-state index contributed by atoms with van der Waals surface area (Å²) < 4.78 is 44.4. The highest BCUT2D eigenvalue weighted by Gasteiger charge is 2.36. The van der Waals surface area contributed by atoms with E-state index in [0.29, 0.717) is 21.3 Å². The van der Waals surface area contributed by atoms with E-state index in [1.807, 2.05) is 13.8 Å². The molecule has 0 spiro atoms. The van der Waals surface area contributed by atoms with Crippen LogP contribution in [0.5, 0.6) is 0 Å². The zero-order valence-corrected chi connectivity index (χ0v) is 22.1. The van der Waals surface area contributed by atoms with Crippen LogP contribution in [-0.2, 0) is 10.8 Å². The van der Waals surface area contributed by atoms with Crippen molar-refractivity contribution >= 4 is 39.1 Å². The minimum absolute atomic E-state index is 0.0941. The van der Waals surface area contributed by atoms with Crippen LogP contribution in [0.3, 0.4) is 0 Å². The minimum Gasteiger partial charge on any atom is -0.241 e. The molecule has 9 heteroatoms. The fourth-order valence-corrected chi connectivity index (χ4v) is 5.33. The average Bonchev–Trinajstić information content (AvgIpc) is 2.71. The van der Waals surface area contributed by atoms with Crippen LogP contribution in [0.1, 0.15) is 75.5 Å². The molecule has 0 aromatic carbocycles. The molecule has 0 radical (unpaired) electrons. The molecule has 3 aromatic rings. The van der Waals surface area contributed by atoms with E-state index in [1.54, 1.807) is 33.8 Å². The minimum atomic E-state index is -1.10. The Hall–Kier alpha value is -1.70. The summed E-state index contributed by atoms with van der Waals surface area (Å²) in [6.07, 6.45) is 1.01. The van der Waals surface area contributed by atoms with E-state index < -0.39 is 28.5 Å². The summed E-state index contributed by atoms with van der Waals surface area (Å²) in [5.41, 5.74) is -0.666. The van der Waals surface area contributed by atoms with E-state index in [-0.39, 0.29) is 27.4 Å². The molecule has 0 atom stereocenters. The van der Waals surface area contributed by atoms with Gasteiger partial charge in [-0.25, -0.2) is 19.3 Å². The Balaban J connectivity index is 2.15. The predicted octanol–water partition coefficient (Wildman–Crippen LogP) is 8.13. The van der Waals surface area contributed by atoms with Crippen LogP contribution in [0.15, 0.2) is 28.9 Å². The molecule has 3 heterocycles. The fourth-order valence-electron chi connectivity index (χ4n) is 3.78. The number of halogens is 6. The van der Waals surface area contributed by atoms with Gasteiger partial charge in [-0.05, 0) is 67.7 Å². The normalized spacial score (nSPS) is 12.5. The molecule has 3 nitrogen and oxygen atoms in total. The highest BCUT2D eigenvalue weighted by Crippen LogP contribution is 2.42. The van der Waals surface area contributed by atoms with Crippen LogP contribution in [0, 0.1) is 17.7 Å². The molecule has 3 rings (SSSR count). The number of hydrogen-bond acceptors (Lipinski definition) is 3. The maximum Gasteiger partial charge on any atom is 0.217 e. The van der Waals surface area contributed by atoms with Gasteiger partial charge in [0.05, 0.1) is 22.6 Å². The predicted molar refractivity (Wildman–Crippen MR) is 129 cm³/mol. The Kier molecular flexibility index (Phi) is 7.19. The van der Waals surface area contributed by atoms with Crippen LogP contribution in [0.2, 0.25) is 10.2 Å². The maximum atomic E-state index is 15.5. The lowest BCUT2D eigenvalue weighted by Crippen LogP contribution is -2.28. The van der Waals surface area contributed by atoms with Gasteiger partial charge in [-0.15, -0.1) is 0 Å². The van der Waals surface area contributed by atoms with Gasteiger partial charge in [-0.3, -0.25) is 0 Å². The zero-order chi connectivity index (χ0) is 24.9. The van der Waals surface area contributed by atoms with Gasteiger partial charge in [0, 0.05) is 32.0 Å². The molecule has 0 fully saturated rings. The number of pyridine rings is 3. The van der Waals surface area contributed by atoms with Crippen molar-refractivity contribution in [1.29, 1.82) is 0 Å². The SMILES string of the molecule is CC(C)c1cc(Cl)c(C(C)(C)c2cc(Br)c(C(C)(C)c3cc(F)cnc3Cl)nc2F)nc1F. The molecule has 0 unspecified atom stereocenters. The molecular weight excluding hydrogens is 538 g/mol. The highest BCUT2D eigenvalue weighted by atomic mass is 79.9. The summed E-state index contributed by atoms with van der Waals surface area (Å²) in [7, 11) is 0. The first kappa shape index (κ1) is 25.9. The van der Waals surface area contributed by atoms with E-state index in [9.17, 15) is 8.78 Å². The molecular formula is C24H23BrCl2F3N3. The third-order valence-electron chi connectivity index (χ3n) is 5.84. The highest BCUT2D eigenvalue weighted by molar-refractivity contribution is 9.10. The molecule has 176 valence electrons. The summed E-state index contributed by atoms with van der Waals surface area (Å²) in [4.78, 5) is 12.1. The molecule has 0 saturated heterocycles. The monoisotopic (exact) mass is 559 g/mol. The topological polar surface area (TPSA) is 38.7 Å². The van der Waals surface area contributed by atoms with E-state index in [2.05, 4.69) is 30.9 Å². The Morgan fingerprint density at radius 2 is 1.42 bits per heavy atom. The summed E-state index contributed by atoms with van der Waals surface area (Å²) >= 11 is 16.1. The van der Waals surface area contributed by atoms with Crippen LogP contribution in [-0.4, -0.2) is 15.0 Å². The van der Waals surface area contributed by atoms with Crippen LogP contribution in [0.4, 0.5) is 13.2 Å². The molecule has 0 bridgehead atoms. The molecule has 0 aliphatic heterocycles. The van der Waals surface area contributed by atoms with Gasteiger partial charge in [0.25, 0.3) is 0 Å². The lowest BCUT2D eigenvalue weighted by molar-refractivity contribution is 0.480. The van der Waals surface area contributed by atoms with Gasteiger partial charge in [-0.1, -0.05) is 37.0 Å². The summed E-state index contributed by atoms with van der Waals surface area (Å²) in [5.74, 6) is -2.09. The zero-order valence-electron chi connectivity index (χ0n) is 19.0. The van der Waals surface area contributed by atoms with Gasteiger partial charge in [0.1, 0.15) is 11.0 Å². The lowest BCUT2D eigenvalue weighted by atomic mass is 9.78. The van der Waals surface area contributed by atoms with E-state index in [4.69, 9.17) is 23.2 Å². The third-order valence-corrected chi connectivity index (χ3v) is 7.04. The van der Waals surface area contributed by atoms with Crippen molar-refractivity contribution in [3.8, 4) is 0 Å². The second-order valence-electron chi connectivity index (χ2n) is 9.25. The molecule has 0 N–H and O–H groups in total. The van der Waals surface area contributed by atoms with E-state index in [0.717, 1.165) is 6.20 Å². The lowest BCUT2D eigenvalue weighted by Gasteiger charge is -2.30. The van der Waals surface area contributed by atoms with Crippen molar-refractivity contribution in [2.24, 2.45) is 0 Å². The van der Waals surface area contributed by atoms with Crippen molar-refractivity contribution in [3.63, 3.8) is 0 Å². The fraction of sp³-hybridized carbons (Fsp3) is 0.375. The molecule has 0 amide bonds. The van der Waals surface area contributed by atoms with Crippen molar-refractivity contribution in [2.45, 2.75) is 58.3 Å². The molecule has 0 aliphatic rings. The summed E-state index contributed by atoms with van der Waals surface area (Å²) in [5, 5.41) is 0.333. The van der Waals surface area contributed by atoms with Gasteiger partial charge < -0.3 is 0 Å². The number of aromatic nitrogens is 3. The second-order valence-corrected chi connectivity index (χ2v) is 10.9. The molecule has 0 saturated carbocycles. The summed E-state index contributed by atoms with van der Waals surface area (Å²) in [6.45, 7) is 10.5. The van der Waals surface area contributed by atoms with Crippen LogP contribution >= 0.6 is 39.1 Å². The van der Waals surface area contributed by atoms with Gasteiger partial charge >= 0.3 is 0 Å². The Morgan fingerprint density at radius 3 is 2.03 bits per heavy atom. The standard InChI is InChI=1S/C24H23BrCl2F3N3/c1-11(2)13-8-17(26)19(33-21(13)29)24(5,6)15-9-16(25)18(32-22(15)30)23(3,4)14-7-12(28)10-31-20(14)27/h7-11H,1-6H3. The molecule has 0 aliphatic carbocycles. The first-order chi connectivity index (χ1) is 15.2. The largest absolute Gasteiger partial charge is 0.241 e. The Labute approximate surface area is 209 Å². The first-order valence-corrected chi connectivity index (χ1v) is 11.8. The van der Waals surface area contributed by atoms with Crippen LogP contribution < -0.4 is 0 Å². The van der Waals surface area contributed by atoms with E-state index in [1.165, 1.54) is 12.1 Å². The Bertz CT molecular complexity index is 1230. The van der Waals surface area contributed by atoms with E-state index >= 15 is 4.39 Å². The van der Waals surface area contributed by atoms with Crippen LogP contribution in [0.25, 0.3) is 0 Å². The summed E-state index contributed by atoms with van der Waals surface area (Å²) in [6, 6.07) is 4.34. The van der Waals surface area contributed by atoms with Gasteiger partial charge in [0.2, 0.25) is 11.9 Å². The smallest absolute Gasteiger partial charge is 0.217 e. The average molecular weight is 561 g/mol. The molecule has 3 aromatic heterocycles. The van der Waals surface area contributed by atoms with Crippen molar-refractivity contribution in [1.82, 2.24) is 15.0 Å². The van der Waals surface area contributed by atoms with Gasteiger partial charge in [0.15, 0.2) is 0 Å². The molecule has 33 heavy (non-hydrogen) atoms. The quantitative estimate of drug-likeness (QED) is 0.296. The number of rotatable bonds is 5. The second kappa shape index (κ2) is 9.16. The van der Waals surface area contributed by atoms with Gasteiger partial charge in [-0.2, -0.15) is 8.78 Å². The first-order valence-electron chi connectivity index (χ1n) is 10.2. The Morgan fingerprint density at radius 1 is 0.848 bits per heavy atom. The maximum absolute atomic E-state index is 15.5. The number of hydrogen-bond donors (Lipinski definition) is 0.